The minimum atomic E-state index is -1.79. The third-order valence-corrected chi connectivity index (χ3v) is 17.4. The number of hydrogen-bond acceptors (Lipinski definition) is 19. The summed E-state index contributed by atoms with van der Waals surface area (Å²) in [6.45, 7) is 7.61. The summed E-state index contributed by atoms with van der Waals surface area (Å²) in [5.74, 6) is -2.17. The lowest BCUT2D eigenvalue weighted by molar-refractivity contribution is -0.372. The van der Waals surface area contributed by atoms with Crippen LogP contribution in [0.2, 0.25) is 0 Å². The molecular weight excluding hydrogens is 884 g/mol. The van der Waals surface area contributed by atoms with E-state index in [1.807, 2.05) is 0 Å². The second-order valence-corrected chi connectivity index (χ2v) is 21.2. The summed E-state index contributed by atoms with van der Waals surface area (Å²) < 4.78 is 35.4. The zero-order chi connectivity index (χ0) is 49.1. The average Bonchev–Trinajstić information content (AvgIpc) is 3.65. The van der Waals surface area contributed by atoms with Crippen LogP contribution < -0.4 is 0 Å². The van der Waals surface area contributed by atoms with Gasteiger partial charge in [0, 0.05) is 0 Å². The number of hydrogen-bond donors (Lipinski definition) is 13. The van der Waals surface area contributed by atoms with Crippen LogP contribution in [-0.4, -0.2) is 202 Å². The van der Waals surface area contributed by atoms with Crippen molar-refractivity contribution in [2.24, 2.45) is 40.4 Å². The van der Waals surface area contributed by atoms with Crippen molar-refractivity contribution in [3.63, 3.8) is 0 Å². The summed E-state index contributed by atoms with van der Waals surface area (Å²) in [5.41, 5.74) is 0.279. The smallest absolute Gasteiger partial charge is 0.306 e. The van der Waals surface area contributed by atoms with Crippen LogP contribution in [0.1, 0.15) is 92.4 Å². The monoisotopic (exact) mass is 960 g/mol. The van der Waals surface area contributed by atoms with Crippen molar-refractivity contribution >= 4 is 5.97 Å². The Kier molecular flexibility index (Phi) is 16.4. The van der Waals surface area contributed by atoms with Gasteiger partial charge >= 0.3 is 5.97 Å². The summed E-state index contributed by atoms with van der Waals surface area (Å²) >= 11 is 0. The second-order valence-electron chi connectivity index (χ2n) is 21.2. The van der Waals surface area contributed by atoms with Crippen LogP contribution in [-0.2, 0) is 33.2 Å². The summed E-state index contributed by atoms with van der Waals surface area (Å²) in [7, 11) is 0. The Bertz CT molecular complexity index is 1760. The largest absolute Gasteiger partial charge is 0.481 e. The Hall–Kier alpha value is -1.77. The fraction of sp³-hybridized carbons (Fsp3) is 0.894. The fourth-order valence-corrected chi connectivity index (χ4v) is 12.8. The van der Waals surface area contributed by atoms with Crippen molar-refractivity contribution < 1.29 is 99.6 Å². The zero-order valence-electron chi connectivity index (χ0n) is 39.0. The minimum Gasteiger partial charge on any atom is -0.481 e. The van der Waals surface area contributed by atoms with Gasteiger partial charge in [-0.3, -0.25) is 4.79 Å². The molecular formula is C47H76O20. The Morgan fingerprint density at radius 1 is 0.746 bits per heavy atom. The SMILES string of the molecule is CC(C)[C@](O)(CC[C@@H](C(=O)O)[C@H]1CC[C@H]2C3=CCC4C[C@@H](O[C@@H]5O[C@H](CO)[C@@H](O)[C@H](O)[C@H]5O[C@@H]5O[C@H](CO)[C@H](O)[C@H](O)[C@H]5O)CC[C@]4(C)C3=CC[C@]12C)[C@H](C)O[C@@H]1O[C@H](CO)[C@@H](O)[C@H](O)[C@H]1O. The molecule has 20 heteroatoms. The van der Waals surface area contributed by atoms with E-state index in [-0.39, 0.29) is 41.4 Å². The van der Waals surface area contributed by atoms with Gasteiger partial charge in [0.25, 0.3) is 0 Å². The molecule has 384 valence electrons. The van der Waals surface area contributed by atoms with Crippen LogP contribution in [0.4, 0.5) is 0 Å². The van der Waals surface area contributed by atoms with Gasteiger partial charge < -0.3 is 94.8 Å². The van der Waals surface area contributed by atoms with Gasteiger partial charge in [0.05, 0.1) is 43.5 Å². The van der Waals surface area contributed by atoms with E-state index in [1.54, 1.807) is 20.8 Å². The third kappa shape index (κ3) is 9.69. The summed E-state index contributed by atoms with van der Waals surface area (Å²) in [5, 5.41) is 137. The number of rotatable bonds is 16. The van der Waals surface area contributed by atoms with E-state index in [9.17, 15) is 71.2 Å². The Labute approximate surface area is 390 Å². The minimum absolute atomic E-state index is 0.0525. The first kappa shape index (κ1) is 53.0. The molecule has 2 saturated carbocycles. The molecule has 0 spiro atoms. The van der Waals surface area contributed by atoms with Crippen molar-refractivity contribution in [1.29, 1.82) is 0 Å². The highest BCUT2D eigenvalue weighted by atomic mass is 16.8. The van der Waals surface area contributed by atoms with Crippen molar-refractivity contribution in [3.05, 3.63) is 23.3 Å². The first-order valence-electron chi connectivity index (χ1n) is 24.1. The Morgan fingerprint density at radius 2 is 1.31 bits per heavy atom. The number of aliphatic hydroxyl groups excluding tert-OH is 11. The van der Waals surface area contributed by atoms with Gasteiger partial charge in [0.2, 0.25) is 0 Å². The van der Waals surface area contributed by atoms with Crippen molar-refractivity contribution in [2.75, 3.05) is 19.8 Å². The van der Waals surface area contributed by atoms with Crippen LogP contribution in [0.15, 0.2) is 23.3 Å². The molecule has 0 radical (unpaired) electrons. The number of aliphatic hydroxyl groups is 12. The quantitative estimate of drug-likeness (QED) is 0.0843. The number of aliphatic carboxylic acids is 1. The number of fused-ring (bicyclic) bond motifs is 5. The molecule has 4 aliphatic carbocycles. The highest BCUT2D eigenvalue weighted by molar-refractivity contribution is 5.70. The van der Waals surface area contributed by atoms with Crippen molar-refractivity contribution in [3.8, 4) is 0 Å². The predicted molar refractivity (Wildman–Crippen MR) is 231 cm³/mol. The molecule has 13 N–H and O–H groups in total. The van der Waals surface area contributed by atoms with Gasteiger partial charge in [-0.15, -0.1) is 0 Å². The van der Waals surface area contributed by atoms with Crippen LogP contribution >= 0.6 is 0 Å². The molecule has 7 rings (SSSR count). The van der Waals surface area contributed by atoms with Crippen LogP contribution in [0.5, 0.6) is 0 Å². The maximum Gasteiger partial charge on any atom is 0.306 e. The van der Waals surface area contributed by atoms with Crippen LogP contribution in [0.3, 0.4) is 0 Å². The lowest BCUT2D eigenvalue weighted by Gasteiger charge is -2.54. The number of allylic oxidation sites excluding steroid dienone is 4. The topological polar surface area (TPSA) is 335 Å². The summed E-state index contributed by atoms with van der Waals surface area (Å²) in [6.07, 6.45) is -15.0. The van der Waals surface area contributed by atoms with Gasteiger partial charge in [0.15, 0.2) is 18.9 Å². The Morgan fingerprint density at radius 3 is 1.90 bits per heavy atom. The van der Waals surface area contributed by atoms with Crippen LogP contribution in [0.25, 0.3) is 0 Å². The highest BCUT2D eigenvalue weighted by Gasteiger charge is 2.59. The van der Waals surface area contributed by atoms with E-state index in [2.05, 4.69) is 26.0 Å². The molecule has 0 aromatic heterocycles. The van der Waals surface area contributed by atoms with Gasteiger partial charge in [-0.2, -0.15) is 0 Å². The van der Waals surface area contributed by atoms with Crippen molar-refractivity contribution in [2.45, 2.75) is 202 Å². The molecule has 20 nitrogen and oxygen atoms in total. The molecule has 24 atom stereocenters. The molecule has 0 aromatic carbocycles. The van der Waals surface area contributed by atoms with Gasteiger partial charge in [-0.1, -0.05) is 39.8 Å². The lowest BCUT2D eigenvalue weighted by atomic mass is 9.51. The van der Waals surface area contributed by atoms with E-state index in [0.29, 0.717) is 38.5 Å². The maximum absolute atomic E-state index is 13.2. The fourth-order valence-electron chi connectivity index (χ4n) is 12.8. The molecule has 5 fully saturated rings. The maximum atomic E-state index is 13.2. The Balaban J connectivity index is 1.02. The van der Waals surface area contributed by atoms with Crippen molar-refractivity contribution in [1.82, 2.24) is 0 Å². The lowest BCUT2D eigenvalue weighted by Crippen LogP contribution is -2.65. The molecule has 3 aliphatic heterocycles. The van der Waals surface area contributed by atoms with E-state index in [1.165, 1.54) is 11.1 Å². The predicted octanol–water partition coefficient (Wildman–Crippen LogP) is -1.43. The molecule has 3 heterocycles. The molecule has 3 saturated heterocycles. The molecule has 67 heavy (non-hydrogen) atoms. The number of carboxylic acid groups (broad SMARTS) is 1. The van der Waals surface area contributed by atoms with Gasteiger partial charge in [0.1, 0.15) is 73.2 Å². The summed E-state index contributed by atoms with van der Waals surface area (Å²) in [6, 6.07) is 0. The van der Waals surface area contributed by atoms with E-state index < -0.39 is 148 Å². The van der Waals surface area contributed by atoms with E-state index >= 15 is 0 Å². The zero-order valence-corrected chi connectivity index (χ0v) is 39.0. The second kappa shape index (κ2) is 20.8. The summed E-state index contributed by atoms with van der Waals surface area (Å²) in [4.78, 5) is 13.2. The molecule has 1 unspecified atom stereocenters. The normalized spacial score (nSPS) is 47.5. The molecule has 0 aromatic rings. The first-order chi connectivity index (χ1) is 31.6. The molecule has 0 amide bonds. The number of ether oxygens (including phenoxy) is 6. The van der Waals surface area contributed by atoms with E-state index in [4.69, 9.17) is 28.4 Å². The highest BCUT2D eigenvalue weighted by Crippen LogP contribution is 2.65. The number of carbonyl (C=O) groups is 1. The molecule has 0 bridgehead atoms. The number of carboxylic acids is 1. The van der Waals surface area contributed by atoms with E-state index in [0.717, 1.165) is 6.42 Å². The first-order valence-corrected chi connectivity index (χ1v) is 24.1. The third-order valence-electron chi connectivity index (χ3n) is 17.4. The standard InChI is InChI=1S/C47H76O20/c1-20(2)47(61,21(3)62-42-38(57)35(54)32(51)29(17-48)64-42)15-11-25(41(59)60)27-9-8-26-24-7-6-22-16-23(10-13-45(22,4)28(24)12-14-46(26,27)5)63-44-40(37(56)34(53)31(19-50)66-44)67-43-39(58)36(55)33(52)30(18-49)65-43/h7,12,20-23,25-27,29-40,42-44,48-58,61H,6,8-11,13-19H2,1-5H3,(H,59,60)/t21-,22?,23-,25+,26-,27+,29+,30+,31+,32+,33-,34+,35-,36-,37-,38+,39+,40+,42+,43-,44+,45-,46-,47+/m0/s1. The van der Waals surface area contributed by atoms with Crippen LogP contribution in [0, 0.1) is 40.4 Å². The molecule has 7 aliphatic rings. The van der Waals surface area contributed by atoms with Gasteiger partial charge in [-0.05, 0) is 110 Å². The van der Waals surface area contributed by atoms with Gasteiger partial charge in [-0.25, -0.2) is 0 Å². The average molecular weight is 961 g/mol.